The summed E-state index contributed by atoms with van der Waals surface area (Å²) in [6, 6.07) is 7.89. The lowest BCUT2D eigenvalue weighted by Gasteiger charge is -2.23. The number of benzene rings is 1. The highest BCUT2D eigenvalue weighted by molar-refractivity contribution is 5.99. The fourth-order valence-corrected chi connectivity index (χ4v) is 3.14. The van der Waals surface area contributed by atoms with E-state index >= 15 is 0 Å². The Labute approximate surface area is 136 Å². The SMILES string of the molecule is C[C@](C#N)(NC(=O)CNc1ccc2c(c1)C(=O)CCC2)C1CC1. The van der Waals surface area contributed by atoms with Gasteiger partial charge in [-0.15, -0.1) is 0 Å². The average molecular weight is 311 g/mol. The van der Waals surface area contributed by atoms with Gasteiger partial charge in [0.25, 0.3) is 0 Å². The predicted octanol–water partition coefficient (Wildman–Crippen LogP) is 2.43. The van der Waals surface area contributed by atoms with Crippen LogP contribution in [-0.2, 0) is 11.2 Å². The molecule has 1 saturated carbocycles. The molecule has 2 aliphatic rings. The first-order chi connectivity index (χ1) is 11.0. The number of fused-ring (bicyclic) bond motifs is 1. The second-order valence-electron chi connectivity index (χ2n) is 6.64. The first-order valence-electron chi connectivity index (χ1n) is 8.14. The van der Waals surface area contributed by atoms with E-state index in [0.29, 0.717) is 6.42 Å². The van der Waals surface area contributed by atoms with Gasteiger partial charge in [0.2, 0.25) is 5.91 Å². The van der Waals surface area contributed by atoms with Crippen molar-refractivity contribution in [2.75, 3.05) is 11.9 Å². The number of nitriles is 1. The van der Waals surface area contributed by atoms with E-state index < -0.39 is 5.54 Å². The van der Waals surface area contributed by atoms with E-state index in [4.69, 9.17) is 0 Å². The maximum atomic E-state index is 12.1. The highest BCUT2D eigenvalue weighted by Crippen LogP contribution is 2.39. The Morgan fingerprint density at radius 1 is 1.39 bits per heavy atom. The molecule has 1 amide bonds. The first-order valence-corrected chi connectivity index (χ1v) is 8.14. The van der Waals surface area contributed by atoms with Crippen LogP contribution in [-0.4, -0.2) is 23.8 Å². The maximum absolute atomic E-state index is 12.1. The summed E-state index contributed by atoms with van der Waals surface area (Å²) in [6.07, 6.45) is 4.42. The second kappa shape index (κ2) is 6.04. The summed E-state index contributed by atoms with van der Waals surface area (Å²) in [4.78, 5) is 24.0. The number of nitrogens with one attached hydrogen (secondary N) is 2. The van der Waals surface area contributed by atoms with Crippen LogP contribution in [0.1, 0.15) is 48.5 Å². The van der Waals surface area contributed by atoms with Crippen LogP contribution < -0.4 is 10.6 Å². The second-order valence-corrected chi connectivity index (χ2v) is 6.64. The van der Waals surface area contributed by atoms with Crippen LogP contribution in [0.25, 0.3) is 0 Å². The Kier molecular flexibility index (Phi) is 4.08. The molecule has 3 rings (SSSR count). The number of nitrogens with zero attached hydrogens (tertiary/aromatic N) is 1. The van der Waals surface area contributed by atoms with E-state index in [1.807, 2.05) is 18.2 Å². The average Bonchev–Trinajstić information content (AvgIpc) is 3.39. The number of anilines is 1. The van der Waals surface area contributed by atoms with Gasteiger partial charge in [-0.3, -0.25) is 9.59 Å². The van der Waals surface area contributed by atoms with Gasteiger partial charge in [0.15, 0.2) is 5.78 Å². The summed E-state index contributed by atoms with van der Waals surface area (Å²) in [5, 5.41) is 15.1. The van der Waals surface area contributed by atoms with Gasteiger partial charge in [0, 0.05) is 17.7 Å². The minimum absolute atomic E-state index is 0.0942. The van der Waals surface area contributed by atoms with Crippen molar-refractivity contribution >= 4 is 17.4 Å². The fourth-order valence-electron chi connectivity index (χ4n) is 3.14. The van der Waals surface area contributed by atoms with E-state index in [2.05, 4.69) is 16.7 Å². The zero-order valence-corrected chi connectivity index (χ0v) is 13.3. The molecule has 1 atom stereocenters. The summed E-state index contributed by atoms with van der Waals surface area (Å²) in [6.45, 7) is 1.87. The molecule has 2 aliphatic carbocycles. The summed E-state index contributed by atoms with van der Waals surface area (Å²) in [5.41, 5.74) is 1.84. The molecule has 0 aliphatic heterocycles. The van der Waals surface area contributed by atoms with Gasteiger partial charge in [0.1, 0.15) is 5.54 Å². The molecule has 2 N–H and O–H groups in total. The lowest BCUT2D eigenvalue weighted by Crippen LogP contribution is -2.48. The molecule has 0 aromatic heterocycles. The van der Waals surface area contributed by atoms with Gasteiger partial charge in [-0.05, 0) is 56.2 Å². The molecule has 0 heterocycles. The third-order valence-corrected chi connectivity index (χ3v) is 4.74. The molecule has 0 bridgehead atoms. The van der Waals surface area contributed by atoms with Crippen molar-refractivity contribution in [3.63, 3.8) is 0 Å². The molecule has 23 heavy (non-hydrogen) atoms. The molecule has 0 unspecified atom stereocenters. The van der Waals surface area contributed by atoms with Crippen molar-refractivity contribution in [2.45, 2.75) is 44.6 Å². The zero-order chi connectivity index (χ0) is 16.4. The van der Waals surface area contributed by atoms with Gasteiger partial charge >= 0.3 is 0 Å². The minimum Gasteiger partial charge on any atom is -0.376 e. The van der Waals surface area contributed by atoms with Crippen molar-refractivity contribution < 1.29 is 9.59 Å². The molecule has 1 fully saturated rings. The fraction of sp³-hybridized carbons (Fsp3) is 0.500. The number of hydrogen-bond acceptors (Lipinski definition) is 4. The van der Waals surface area contributed by atoms with Crippen LogP contribution in [0.4, 0.5) is 5.69 Å². The standard InChI is InChI=1S/C18H21N3O2/c1-18(11-19,13-6-7-13)21-17(23)10-20-14-8-5-12-3-2-4-16(22)15(12)9-14/h5,8-9,13,20H,2-4,6-7,10H2,1H3,(H,21,23)/t18-/m1/s1. The molecule has 120 valence electrons. The maximum Gasteiger partial charge on any atom is 0.240 e. The number of aryl methyl sites for hydroxylation is 1. The zero-order valence-electron chi connectivity index (χ0n) is 13.3. The molecule has 0 radical (unpaired) electrons. The molecule has 5 heteroatoms. The number of hydrogen-bond donors (Lipinski definition) is 2. The lowest BCUT2D eigenvalue weighted by atomic mass is 9.90. The Balaban J connectivity index is 1.60. The third kappa shape index (κ3) is 3.37. The molecule has 0 saturated heterocycles. The summed E-state index contributed by atoms with van der Waals surface area (Å²) in [5.74, 6) is 0.230. The van der Waals surface area contributed by atoms with E-state index in [1.54, 1.807) is 6.92 Å². The van der Waals surface area contributed by atoms with E-state index in [0.717, 1.165) is 42.5 Å². The lowest BCUT2D eigenvalue weighted by molar-refractivity contribution is -0.120. The summed E-state index contributed by atoms with van der Waals surface area (Å²) < 4.78 is 0. The Morgan fingerprint density at radius 3 is 2.87 bits per heavy atom. The third-order valence-electron chi connectivity index (χ3n) is 4.74. The Morgan fingerprint density at radius 2 is 2.17 bits per heavy atom. The topological polar surface area (TPSA) is 82.0 Å². The quantitative estimate of drug-likeness (QED) is 0.875. The number of ketones is 1. The predicted molar refractivity (Wildman–Crippen MR) is 87.1 cm³/mol. The van der Waals surface area contributed by atoms with Gasteiger partial charge < -0.3 is 10.6 Å². The first kappa shape index (κ1) is 15.5. The largest absolute Gasteiger partial charge is 0.376 e. The molecule has 1 aromatic rings. The Bertz CT molecular complexity index is 688. The smallest absolute Gasteiger partial charge is 0.240 e. The van der Waals surface area contributed by atoms with E-state index in [9.17, 15) is 14.9 Å². The van der Waals surface area contributed by atoms with Crippen LogP contribution in [0, 0.1) is 17.2 Å². The van der Waals surface area contributed by atoms with Crippen LogP contribution in [0.15, 0.2) is 18.2 Å². The van der Waals surface area contributed by atoms with Crippen LogP contribution in [0.3, 0.4) is 0 Å². The van der Waals surface area contributed by atoms with Crippen molar-refractivity contribution in [3.8, 4) is 6.07 Å². The van der Waals surface area contributed by atoms with Crippen LogP contribution in [0.2, 0.25) is 0 Å². The van der Waals surface area contributed by atoms with E-state index in [1.165, 1.54) is 0 Å². The van der Waals surface area contributed by atoms with Crippen molar-refractivity contribution in [2.24, 2.45) is 5.92 Å². The van der Waals surface area contributed by atoms with Crippen LogP contribution >= 0.6 is 0 Å². The highest BCUT2D eigenvalue weighted by Gasteiger charge is 2.42. The number of rotatable bonds is 5. The summed E-state index contributed by atoms with van der Waals surface area (Å²) in [7, 11) is 0. The monoisotopic (exact) mass is 311 g/mol. The van der Waals surface area contributed by atoms with Crippen LogP contribution in [0.5, 0.6) is 0 Å². The molecular weight excluding hydrogens is 290 g/mol. The van der Waals surface area contributed by atoms with Gasteiger partial charge in [-0.2, -0.15) is 5.26 Å². The Hall–Kier alpha value is -2.35. The molecule has 0 spiro atoms. The van der Waals surface area contributed by atoms with Gasteiger partial charge in [-0.25, -0.2) is 0 Å². The summed E-state index contributed by atoms with van der Waals surface area (Å²) >= 11 is 0. The minimum atomic E-state index is -0.773. The number of carbonyl (C=O) groups excluding carboxylic acids is 2. The van der Waals surface area contributed by atoms with Gasteiger partial charge in [-0.1, -0.05) is 6.07 Å². The molecule has 5 nitrogen and oxygen atoms in total. The van der Waals surface area contributed by atoms with Gasteiger partial charge in [0.05, 0.1) is 12.6 Å². The molecule has 1 aromatic carbocycles. The number of carbonyl (C=O) groups is 2. The van der Waals surface area contributed by atoms with Crippen molar-refractivity contribution in [1.29, 1.82) is 5.26 Å². The number of Topliss-reactive ketones (excluding diaryl/α,β-unsaturated/α-hetero) is 1. The molecular formula is C18H21N3O2. The number of amides is 1. The van der Waals surface area contributed by atoms with Crippen molar-refractivity contribution in [1.82, 2.24) is 5.32 Å². The van der Waals surface area contributed by atoms with Crippen molar-refractivity contribution in [3.05, 3.63) is 29.3 Å². The van der Waals surface area contributed by atoms with E-state index in [-0.39, 0.29) is 24.2 Å². The highest BCUT2D eigenvalue weighted by atomic mass is 16.2. The normalized spacial score (nSPS) is 19.2.